The molecule has 3 aromatic carbocycles. The van der Waals surface area contributed by atoms with E-state index in [1.165, 1.54) is 12.1 Å². The molecule has 166 valence electrons. The van der Waals surface area contributed by atoms with Crippen LogP contribution in [-0.4, -0.2) is 28.3 Å². The molecule has 7 heteroatoms. The number of benzene rings is 3. The number of aryl methyl sites for hydroxylation is 1. The lowest BCUT2D eigenvalue weighted by Crippen LogP contribution is -2.13. The molecule has 0 spiro atoms. The molecule has 4 rings (SSSR count). The molecule has 1 aromatic heterocycles. The van der Waals surface area contributed by atoms with Crippen LogP contribution >= 0.6 is 0 Å². The highest BCUT2D eigenvalue weighted by molar-refractivity contribution is 6.05. The molecule has 1 heterocycles. The predicted molar refractivity (Wildman–Crippen MR) is 124 cm³/mol. The van der Waals surface area contributed by atoms with Gasteiger partial charge in [0.1, 0.15) is 5.82 Å². The average molecular weight is 443 g/mol. The summed E-state index contributed by atoms with van der Waals surface area (Å²) in [6.45, 7) is 3.82. The number of hydrogen-bond acceptors (Lipinski definition) is 4. The van der Waals surface area contributed by atoms with Crippen molar-refractivity contribution in [1.29, 1.82) is 0 Å². The van der Waals surface area contributed by atoms with Crippen LogP contribution in [0.3, 0.4) is 0 Å². The Morgan fingerprint density at radius 1 is 1.00 bits per heavy atom. The molecule has 0 bridgehead atoms. The van der Waals surface area contributed by atoms with Crippen molar-refractivity contribution in [2.75, 3.05) is 11.9 Å². The Labute approximate surface area is 190 Å². The van der Waals surface area contributed by atoms with Gasteiger partial charge in [-0.05, 0) is 67.9 Å². The predicted octanol–water partition coefficient (Wildman–Crippen LogP) is 5.42. The second kappa shape index (κ2) is 9.48. The van der Waals surface area contributed by atoms with Crippen molar-refractivity contribution < 1.29 is 18.7 Å². The number of ether oxygens (including phenoxy) is 1. The first kappa shape index (κ1) is 22.0. The highest BCUT2D eigenvalue weighted by Crippen LogP contribution is 2.27. The van der Waals surface area contributed by atoms with E-state index in [1.807, 2.05) is 31.2 Å². The standard InChI is InChI=1S/C26H22FN3O3/c1-3-33-26(32)23-16-24(30(29-23)21-13-11-19(27)12-14-21)18-8-6-9-20(15-18)28-25(31)22-10-5-4-7-17(22)2/h4-16H,3H2,1-2H3,(H,28,31). The van der Waals surface area contributed by atoms with Crippen LogP contribution in [0.5, 0.6) is 0 Å². The summed E-state index contributed by atoms with van der Waals surface area (Å²) in [4.78, 5) is 25.1. The SMILES string of the molecule is CCOC(=O)c1cc(-c2cccc(NC(=O)c3ccccc3C)c2)n(-c2ccc(F)cc2)n1. The number of aromatic nitrogens is 2. The Bertz CT molecular complexity index is 1310. The molecule has 33 heavy (non-hydrogen) atoms. The number of anilines is 1. The van der Waals surface area contributed by atoms with E-state index < -0.39 is 5.97 Å². The minimum atomic E-state index is -0.552. The van der Waals surface area contributed by atoms with Crippen LogP contribution in [0.4, 0.5) is 10.1 Å². The Kier molecular flexibility index (Phi) is 6.31. The van der Waals surface area contributed by atoms with Crippen LogP contribution in [0.15, 0.2) is 78.9 Å². The Hall–Kier alpha value is -4.26. The van der Waals surface area contributed by atoms with E-state index in [4.69, 9.17) is 4.74 Å². The highest BCUT2D eigenvalue weighted by Gasteiger charge is 2.18. The van der Waals surface area contributed by atoms with Gasteiger partial charge in [0.2, 0.25) is 0 Å². The number of nitrogens with one attached hydrogen (secondary N) is 1. The van der Waals surface area contributed by atoms with E-state index in [1.54, 1.807) is 54.1 Å². The summed E-state index contributed by atoms with van der Waals surface area (Å²) in [5.41, 5.74) is 4.07. The van der Waals surface area contributed by atoms with E-state index in [-0.39, 0.29) is 24.0 Å². The Morgan fingerprint density at radius 3 is 2.48 bits per heavy atom. The van der Waals surface area contributed by atoms with Gasteiger partial charge >= 0.3 is 5.97 Å². The molecule has 0 saturated carbocycles. The minimum absolute atomic E-state index is 0.130. The molecular weight excluding hydrogens is 421 g/mol. The first-order chi connectivity index (χ1) is 16.0. The average Bonchev–Trinajstić information content (AvgIpc) is 3.26. The Balaban J connectivity index is 1.72. The van der Waals surface area contributed by atoms with Gasteiger partial charge in [-0.3, -0.25) is 4.79 Å². The fourth-order valence-corrected chi connectivity index (χ4v) is 3.45. The van der Waals surface area contributed by atoms with Crippen molar-refractivity contribution in [2.24, 2.45) is 0 Å². The van der Waals surface area contributed by atoms with Gasteiger partial charge in [0.05, 0.1) is 18.0 Å². The second-order valence-electron chi connectivity index (χ2n) is 7.37. The minimum Gasteiger partial charge on any atom is -0.461 e. The number of esters is 1. The lowest BCUT2D eigenvalue weighted by molar-refractivity contribution is 0.0519. The summed E-state index contributed by atoms with van der Waals surface area (Å²) in [5.74, 6) is -1.15. The largest absolute Gasteiger partial charge is 0.461 e. The van der Waals surface area contributed by atoms with E-state index in [2.05, 4.69) is 10.4 Å². The van der Waals surface area contributed by atoms with Crippen LogP contribution in [0.1, 0.15) is 33.3 Å². The fraction of sp³-hybridized carbons (Fsp3) is 0.115. The summed E-state index contributed by atoms with van der Waals surface area (Å²) in [5, 5.41) is 7.30. The van der Waals surface area contributed by atoms with Crippen LogP contribution in [0.2, 0.25) is 0 Å². The number of carbonyl (C=O) groups is 2. The molecule has 0 radical (unpaired) electrons. The zero-order valence-electron chi connectivity index (χ0n) is 18.2. The molecule has 0 aliphatic rings. The maximum Gasteiger partial charge on any atom is 0.358 e. The third-order valence-corrected chi connectivity index (χ3v) is 5.07. The number of rotatable bonds is 6. The van der Waals surface area contributed by atoms with Crippen molar-refractivity contribution in [3.63, 3.8) is 0 Å². The summed E-state index contributed by atoms with van der Waals surface area (Å²) in [6.07, 6.45) is 0. The van der Waals surface area contributed by atoms with Crippen LogP contribution in [0, 0.1) is 12.7 Å². The number of amides is 1. The molecule has 4 aromatic rings. The van der Waals surface area contributed by atoms with E-state index in [0.29, 0.717) is 28.2 Å². The summed E-state index contributed by atoms with van der Waals surface area (Å²) >= 11 is 0. The van der Waals surface area contributed by atoms with Gasteiger partial charge in [-0.15, -0.1) is 0 Å². The smallest absolute Gasteiger partial charge is 0.358 e. The molecule has 6 nitrogen and oxygen atoms in total. The van der Waals surface area contributed by atoms with Gasteiger partial charge in [-0.2, -0.15) is 5.10 Å². The summed E-state index contributed by atoms with van der Waals surface area (Å²) in [6, 6.07) is 22.0. The van der Waals surface area contributed by atoms with Crippen molar-refractivity contribution >= 4 is 17.6 Å². The monoisotopic (exact) mass is 443 g/mol. The van der Waals surface area contributed by atoms with Crippen molar-refractivity contribution in [1.82, 2.24) is 9.78 Å². The van der Waals surface area contributed by atoms with Gasteiger partial charge in [0, 0.05) is 16.8 Å². The van der Waals surface area contributed by atoms with Crippen molar-refractivity contribution in [2.45, 2.75) is 13.8 Å². The molecule has 1 N–H and O–H groups in total. The zero-order chi connectivity index (χ0) is 23.4. The maximum absolute atomic E-state index is 13.5. The van der Waals surface area contributed by atoms with Crippen molar-refractivity contribution in [3.8, 4) is 16.9 Å². The third kappa shape index (κ3) is 4.82. The van der Waals surface area contributed by atoms with Gasteiger partial charge in [0.15, 0.2) is 5.69 Å². The third-order valence-electron chi connectivity index (χ3n) is 5.07. The maximum atomic E-state index is 13.5. The summed E-state index contributed by atoms with van der Waals surface area (Å²) < 4.78 is 20.1. The molecule has 0 aliphatic carbocycles. The summed E-state index contributed by atoms with van der Waals surface area (Å²) in [7, 11) is 0. The number of carbonyl (C=O) groups excluding carboxylic acids is 2. The van der Waals surface area contributed by atoms with Gasteiger partial charge in [-0.1, -0.05) is 30.3 Å². The quantitative estimate of drug-likeness (QED) is 0.404. The van der Waals surface area contributed by atoms with Gasteiger partial charge in [0.25, 0.3) is 5.91 Å². The van der Waals surface area contributed by atoms with E-state index >= 15 is 0 Å². The normalized spacial score (nSPS) is 10.6. The zero-order valence-corrected chi connectivity index (χ0v) is 18.2. The number of halogens is 1. The highest BCUT2D eigenvalue weighted by atomic mass is 19.1. The van der Waals surface area contributed by atoms with E-state index in [0.717, 1.165) is 5.56 Å². The lowest BCUT2D eigenvalue weighted by Gasteiger charge is -2.11. The molecule has 0 atom stereocenters. The van der Waals surface area contributed by atoms with E-state index in [9.17, 15) is 14.0 Å². The molecular formula is C26H22FN3O3. The number of hydrogen-bond donors (Lipinski definition) is 1. The molecule has 0 unspecified atom stereocenters. The Morgan fingerprint density at radius 2 is 1.76 bits per heavy atom. The first-order valence-electron chi connectivity index (χ1n) is 10.5. The van der Waals surface area contributed by atoms with Crippen LogP contribution in [0.25, 0.3) is 16.9 Å². The van der Waals surface area contributed by atoms with Gasteiger partial charge < -0.3 is 10.1 Å². The molecule has 0 fully saturated rings. The van der Waals surface area contributed by atoms with Gasteiger partial charge in [-0.25, -0.2) is 13.9 Å². The fourth-order valence-electron chi connectivity index (χ4n) is 3.45. The molecule has 0 aliphatic heterocycles. The molecule has 0 saturated heterocycles. The number of nitrogens with zero attached hydrogens (tertiary/aromatic N) is 2. The van der Waals surface area contributed by atoms with Crippen molar-refractivity contribution in [3.05, 3.63) is 102 Å². The van der Waals surface area contributed by atoms with Crippen LogP contribution in [-0.2, 0) is 4.74 Å². The molecule has 1 amide bonds. The second-order valence-corrected chi connectivity index (χ2v) is 7.37. The lowest BCUT2D eigenvalue weighted by atomic mass is 10.1. The van der Waals surface area contributed by atoms with Crippen LogP contribution < -0.4 is 5.32 Å². The topological polar surface area (TPSA) is 73.2 Å². The first-order valence-corrected chi connectivity index (χ1v) is 10.5.